The van der Waals surface area contributed by atoms with E-state index in [2.05, 4.69) is 0 Å². The zero-order valence-corrected chi connectivity index (χ0v) is 15.7. The number of quaternary nitrogens is 1. The highest BCUT2D eigenvalue weighted by atomic mass is 16.5. The van der Waals surface area contributed by atoms with Gasteiger partial charge in [0.15, 0.2) is 5.69 Å². The van der Waals surface area contributed by atoms with E-state index in [1.807, 2.05) is 6.07 Å². The number of nitrogens with zero attached hydrogens (tertiary/aromatic N) is 1. The Hall–Kier alpha value is -3.12. The maximum atomic E-state index is 12.5. The number of amides is 1. The molecule has 0 spiro atoms. The Kier molecular flexibility index (Phi) is 4.32. The Labute approximate surface area is 157 Å². The van der Waals surface area contributed by atoms with Gasteiger partial charge >= 0.3 is 12.1 Å². The molecule has 1 heterocycles. The predicted molar refractivity (Wildman–Crippen MR) is 103 cm³/mol. The first-order chi connectivity index (χ1) is 12.6. The van der Waals surface area contributed by atoms with Crippen LogP contribution in [0.2, 0.25) is 0 Å². The molecule has 1 aliphatic rings. The van der Waals surface area contributed by atoms with Crippen molar-refractivity contribution in [3.8, 4) is 16.9 Å². The lowest BCUT2D eigenvalue weighted by atomic mass is 9.97. The van der Waals surface area contributed by atoms with Gasteiger partial charge in [0.05, 0.1) is 7.11 Å². The molecule has 1 atom stereocenters. The molecule has 2 aromatic rings. The minimum absolute atomic E-state index is 0.0651. The molecular formula is C21H22NO5+. The van der Waals surface area contributed by atoms with Crippen molar-refractivity contribution in [2.75, 3.05) is 7.11 Å². The van der Waals surface area contributed by atoms with Crippen molar-refractivity contribution in [3.05, 3.63) is 53.7 Å². The Bertz CT molecular complexity index is 954. The highest BCUT2D eigenvalue weighted by Gasteiger charge is 2.60. The van der Waals surface area contributed by atoms with E-state index in [1.54, 1.807) is 63.2 Å². The van der Waals surface area contributed by atoms with Crippen LogP contribution in [0.3, 0.4) is 0 Å². The zero-order chi connectivity index (χ0) is 20.0. The second-order valence-corrected chi connectivity index (χ2v) is 7.47. The molecule has 3 rings (SSSR count). The number of esters is 1. The number of rotatable bonds is 2. The summed E-state index contributed by atoms with van der Waals surface area (Å²) in [5, 5.41) is 19.8. The zero-order valence-electron chi connectivity index (χ0n) is 15.7. The fraction of sp³-hybridized carbons (Fsp3) is 0.238. The third-order valence-electron chi connectivity index (χ3n) is 4.93. The predicted octanol–water partition coefficient (Wildman–Crippen LogP) is 4.37. The summed E-state index contributed by atoms with van der Waals surface area (Å²) >= 11 is 0. The third kappa shape index (κ3) is 2.69. The average Bonchev–Trinajstić information content (AvgIpc) is 2.97. The van der Waals surface area contributed by atoms with Gasteiger partial charge in [-0.25, -0.2) is 4.79 Å². The van der Waals surface area contributed by atoms with Gasteiger partial charge in [-0.05, 0) is 50.1 Å². The molecule has 0 aromatic heterocycles. The number of aromatic hydroxyl groups is 1. The van der Waals surface area contributed by atoms with Crippen molar-refractivity contribution in [1.29, 1.82) is 0 Å². The minimum atomic E-state index is -1.15. The molecule has 6 heteroatoms. The largest absolute Gasteiger partial charge is 0.524 e. The van der Waals surface area contributed by atoms with Crippen LogP contribution in [0.1, 0.15) is 26.3 Å². The first-order valence-corrected chi connectivity index (χ1v) is 8.50. The SMILES string of the molecule is COC(=O)C1=Cc2ccc(-c3ccc(O)cc3)cc2[N+]1(C(=O)O)C(C)(C)C. The maximum absolute atomic E-state index is 12.5. The molecule has 0 aliphatic carbocycles. The first kappa shape index (κ1) is 18.7. The molecule has 2 N–H and O–H groups in total. The van der Waals surface area contributed by atoms with E-state index in [0.717, 1.165) is 11.1 Å². The molecule has 0 saturated carbocycles. The van der Waals surface area contributed by atoms with Crippen molar-refractivity contribution in [2.24, 2.45) is 0 Å². The quantitative estimate of drug-likeness (QED) is 0.607. The molecule has 0 saturated heterocycles. The highest BCUT2D eigenvalue weighted by Crippen LogP contribution is 2.48. The molecule has 6 nitrogen and oxygen atoms in total. The van der Waals surface area contributed by atoms with Crippen molar-refractivity contribution >= 4 is 23.8 Å². The molecule has 0 bridgehead atoms. The Morgan fingerprint density at radius 1 is 1.00 bits per heavy atom. The van der Waals surface area contributed by atoms with Crippen LogP contribution in [0.25, 0.3) is 17.2 Å². The summed E-state index contributed by atoms with van der Waals surface area (Å²) in [5.74, 6) is -0.519. The standard InChI is InChI=1S/C21H21NO5/c1-21(2,3)22(20(25)26)17-11-14(13-7-9-16(23)10-8-13)5-6-15(17)12-18(22)19(24)27-4/h5-12H,1-4H3,(H-,23,24,25,26)/p+1. The summed E-state index contributed by atoms with van der Waals surface area (Å²) in [6, 6.07) is 12.1. The normalized spacial score (nSPS) is 18.6. The average molecular weight is 368 g/mol. The van der Waals surface area contributed by atoms with Gasteiger partial charge in [0, 0.05) is 17.7 Å². The van der Waals surface area contributed by atoms with E-state index in [4.69, 9.17) is 4.74 Å². The molecule has 27 heavy (non-hydrogen) atoms. The number of carbonyl (C=O) groups is 2. The number of carboxylic acid groups (broad SMARTS) is 1. The minimum Gasteiger partial charge on any atom is -0.508 e. The molecule has 2 aromatic carbocycles. The summed E-state index contributed by atoms with van der Waals surface area (Å²) in [6.07, 6.45) is 0.432. The molecular weight excluding hydrogens is 346 g/mol. The van der Waals surface area contributed by atoms with Crippen molar-refractivity contribution in [3.63, 3.8) is 0 Å². The number of ether oxygens (including phenoxy) is 1. The third-order valence-corrected chi connectivity index (χ3v) is 4.93. The Morgan fingerprint density at radius 2 is 1.59 bits per heavy atom. The Morgan fingerprint density at radius 3 is 2.11 bits per heavy atom. The monoisotopic (exact) mass is 368 g/mol. The summed E-state index contributed by atoms with van der Waals surface area (Å²) in [5.41, 5.74) is 2.01. The number of fused-ring (bicyclic) bond motifs is 1. The molecule has 1 amide bonds. The molecule has 140 valence electrons. The second-order valence-electron chi connectivity index (χ2n) is 7.47. The lowest BCUT2D eigenvalue weighted by molar-refractivity contribution is -0.138. The number of benzene rings is 2. The Balaban J connectivity index is 2.28. The van der Waals surface area contributed by atoms with E-state index in [1.165, 1.54) is 7.11 Å². The topological polar surface area (TPSA) is 83.8 Å². The van der Waals surface area contributed by atoms with Crippen LogP contribution < -0.4 is 4.48 Å². The van der Waals surface area contributed by atoms with E-state index in [9.17, 15) is 19.8 Å². The highest BCUT2D eigenvalue weighted by molar-refractivity contribution is 6.09. The van der Waals surface area contributed by atoms with Gasteiger partial charge in [-0.1, -0.05) is 18.2 Å². The number of methoxy groups -OCH3 is 1. The molecule has 0 radical (unpaired) electrons. The van der Waals surface area contributed by atoms with Crippen LogP contribution in [0.4, 0.5) is 10.5 Å². The fourth-order valence-electron chi connectivity index (χ4n) is 3.68. The molecule has 1 unspecified atom stereocenters. The number of carbonyl (C=O) groups excluding carboxylic acids is 1. The van der Waals surface area contributed by atoms with Gasteiger partial charge in [-0.15, -0.1) is 4.48 Å². The van der Waals surface area contributed by atoms with Crippen LogP contribution in [0.5, 0.6) is 5.75 Å². The van der Waals surface area contributed by atoms with Crippen molar-refractivity contribution < 1.29 is 24.5 Å². The van der Waals surface area contributed by atoms with Crippen LogP contribution in [-0.2, 0) is 9.53 Å². The lowest BCUT2D eigenvalue weighted by Crippen LogP contribution is -2.64. The van der Waals surface area contributed by atoms with Gasteiger partial charge in [0.2, 0.25) is 5.70 Å². The van der Waals surface area contributed by atoms with Gasteiger partial charge in [0.25, 0.3) is 0 Å². The van der Waals surface area contributed by atoms with E-state index in [0.29, 0.717) is 11.3 Å². The lowest BCUT2D eigenvalue weighted by Gasteiger charge is -2.40. The fourth-order valence-corrected chi connectivity index (χ4v) is 3.68. The van der Waals surface area contributed by atoms with Crippen LogP contribution in [-0.4, -0.2) is 34.9 Å². The van der Waals surface area contributed by atoms with E-state index in [-0.39, 0.29) is 11.4 Å². The number of hydrogen-bond donors (Lipinski definition) is 2. The smallest absolute Gasteiger partial charge is 0.508 e. The van der Waals surface area contributed by atoms with Crippen LogP contribution in [0.15, 0.2) is 48.2 Å². The van der Waals surface area contributed by atoms with Crippen LogP contribution >= 0.6 is 0 Å². The maximum Gasteiger partial charge on any atom is 0.524 e. The summed E-state index contributed by atoms with van der Waals surface area (Å²) in [4.78, 5) is 25.0. The number of phenols is 1. The summed E-state index contributed by atoms with van der Waals surface area (Å²) < 4.78 is 4.23. The van der Waals surface area contributed by atoms with Crippen molar-refractivity contribution in [2.45, 2.75) is 26.3 Å². The van der Waals surface area contributed by atoms with E-state index < -0.39 is 22.1 Å². The number of phenolic OH excluding ortho intramolecular Hbond substituents is 1. The summed E-state index contributed by atoms with van der Waals surface area (Å²) in [7, 11) is 1.24. The van der Waals surface area contributed by atoms with Gasteiger partial charge in [-0.3, -0.25) is 0 Å². The van der Waals surface area contributed by atoms with E-state index >= 15 is 0 Å². The van der Waals surface area contributed by atoms with Gasteiger partial charge < -0.3 is 14.9 Å². The van der Waals surface area contributed by atoms with Crippen molar-refractivity contribution in [1.82, 2.24) is 4.48 Å². The van der Waals surface area contributed by atoms with Crippen LogP contribution in [0, 0.1) is 0 Å². The van der Waals surface area contributed by atoms with Gasteiger partial charge in [0.1, 0.15) is 11.3 Å². The summed E-state index contributed by atoms with van der Waals surface area (Å²) in [6.45, 7) is 5.33. The molecule has 0 fully saturated rings. The molecule has 1 aliphatic heterocycles. The first-order valence-electron chi connectivity index (χ1n) is 8.50. The van der Waals surface area contributed by atoms with Gasteiger partial charge in [-0.2, -0.15) is 4.79 Å². The number of hydrogen-bond acceptors (Lipinski definition) is 4. The second kappa shape index (κ2) is 6.25.